The number of fused-ring (bicyclic) bond motifs is 1. The van der Waals surface area contributed by atoms with Crippen molar-refractivity contribution in [2.45, 2.75) is 37.6 Å². The summed E-state index contributed by atoms with van der Waals surface area (Å²) < 4.78 is 41.3. The Morgan fingerprint density at radius 2 is 2.12 bits per heavy atom. The van der Waals surface area contributed by atoms with Gasteiger partial charge >= 0.3 is 6.18 Å². The van der Waals surface area contributed by atoms with Gasteiger partial charge < -0.3 is 5.11 Å². The lowest BCUT2D eigenvalue weighted by Gasteiger charge is -2.36. The molecular weight excluding hydrogens is 355 g/mol. The summed E-state index contributed by atoms with van der Waals surface area (Å²) in [5, 5.41) is 21.6. The van der Waals surface area contributed by atoms with E-state index in [2.05, 4.69) is 5.43 Å². The highest BCUT2D eigenvalue weighted by atomic mass is 19.4. The lowest BCUT2D eigenvalue weighted by Crippen LogP contribution is -2.62. The number of amides is 1. The number of hydrogen-bond acceptors (Lipinski definition) is 5. The van der Waals surface area contributed by atoms with Crippen molar-refractivity contribution < 1.29 is 28.0 Å². The van der Waals surface area contributed by atoms with Crippen LogP contribution in [-0.4, -0.2) is 32.8 Å². The number of nitro groups is 1. The Bertz CT molecular complexity index is 780. The van der Waals surface area contributed by atoms with Gasteiger partial charge in [-0.1, -0.05) is 18.6 Å². The van der Waals surface area contributed by atoms with Gasteiger partial charge in [0.2, 0.25) is 0 Å². The topological polar surface area (TPSA) is 95.7 Å². The second kappa shape index (κ2) is 6.27. The number of carbonyl (C=O) groups excluding carboxylic acids is 1. The Morgan fingerprint density at radius 1 is 1.38 bits per heavy atom. The molecule has 0 saturated carbocycles. The molecular formula is C16H16F3N3O4. The summed E-state index contributed by atoms with van der Waals surface area (Å²) in [5.74, 6) is -2.52. The maximum atomic E-state index is 13.8. The Morgan fingerprint density at radius 3 is 2.77 bits per heavy atom. The van der Waals surface area contributed by atoms with Crippen LogP contribution in [0.3, 0.4) is 0 Å². The van der Waals surface area contributed by atoms with Crippen LogP contribution in [-0.2, 0) is 0 Å². The molecule has 1 amide bonds. The second-order valence-corrected chi connectivity index (χ2v) is 6.28. The first-order valence-electron chi connectivity index (χ1n) is 8.01. The zero-order valence-electron chi connectivity index (χ0n) is 13.5. The average molecular weight is 371 g/mol. The number of carbonyl (C=O) groups is 1. The molecule has 1 saturated heterocycles. The van der Waals surface area contributed by atoms with Gasteiger partial charge in [-0.2, -0.15) is 13.2 Å². The molecule has 2 N–H and O–H groups in total. The third kappa shape index (κ3) is 2.79. The molecule has 140 valence electrons. The highest BCUT2D eigenvalue weighted by Crippen LogP contribution is 2.48. The minimum Gasteiger partial charge on any atom is -0.362 e. The summed E-state index contributed by atoms with van der Waals surface area (Å²) in [5.41, 5.74) is -1.66. The zero-order valence-corrected chi connectivity index (χ0v) is 13.5. The number of non-ortho nitro benzene ring substituents is 1. The van der Waals surface area contributed by atoms with Gasteiger partial charge in [-0.15, -0.1) is 0 Å². The molecule has 1 aliphatic carbocycles. The number of allylic oxidation sites excluding steroid dienone is 1. The SMILES string of the molecule is O=C(c1cccc([N+](=O)[O-])c1)N1NC2=CCCCC[C@@H]2[C@@]1(O)C(F)(F)F. The largest absolute Gasteiger partial charge is 0.439 e. The van der Waals surface area contributed by atoms with Crippen LogP contribution in [0.15, 0.2) is 36.0 Å². The molecule has 2 atom stereocenters. The van der Waals surface area contributed by atoms with Crippen LogP contribution in [0.5, 0.6) is 0 Å². The van der Waals surface area contributed by atoms with E-state index in [1.807, 2.05) is 0 Å². The van der Waals surface area contributed by atoms with Crippen LogP contribution in [0.4, 0.5) is 18.9 Å². The summed E-state index contributed by atoms with van der Waals surface area (Å²) in [7, 11) is 0. The second-order valence-electron chi connectivity index (χ2n) is 6.28. The lowest BCUT2D eigenvalue weighted by molar-refractivity contribution is -0.384. The molecule has 3 rings (SSSR count). The Kier molecular flexibility index (Phi) is 4.39. The van der Waals surface area contributed by atoms with Gasteiger partial charge in [0.15, 0.2) is 0 Å². The van der Waals surface area contributed by atoms with Gasteiger partial charge in [-0.25, -0.2) is 5.01 Å². The van der Waals surface area contributed by atoms with Crippen LogP contribution in [0.1, 0.15) is 36.0 Å². The number of hydrazine groups is 1. The van der Waals surface area contributed by atoms with Gasteiger partial charge in [-0.3, -0.25) is 20.3 Å². The Hall–Kier alpha value is -2.62. The molecule has 1 fully saturated rings. The number of halogens is 3. The molecule has 1 aromatic rings. The van der Waals surface area contributed by atoms with E-state index in [1.54, 1.807) is 6.08 Å². The smallest absolute Gasteiger partial charge is 0.362 e. The van der Waals surface area contributed by atoms with Gasteiger partial charge in [0.25, 0.3) is 17.3 Å². The van der Waals surface area contributed by atoms with E-state index in [0.29, 0.717) is 19.3 Å². The fourth-order valence-corrected chi connectivity index (χ4v) is 3.37. The number of aliphatic hydroxyl groups is 1. The average Bonchev–Trinajstić information content (AvgIpc) is 2.74. The minimum absolute atomic E-state index is 0.0631. The fraction of sp³-hybridized carbons (Fsp3) is 0.438. The van der Waals surface area contributed by atoms with Crippen LogP contribution in [0.2, 0.25) is 0 Å². The normalized spacial score (nSPS) is 25.8. The van der Waals surface area contributed by atoms with Gasteiger partial charge in [0.05, 0.1) is 10.8 Å². The number of nitrogens with zero attached hydrogens (tertiary/aromatic N) is 2. The predicted molar refractivity (Wildman–Crippen MR) is 83.4 cm³/mol. The highest BCUT2D eigenvalue weighted by Gasteiger charge is 2.68. The van der Waals surface area contributed by atoms with Crippen molar-refractivity contribution in [2.24, 2.45) is 5.92 Å². The summed E-state index contributed by atoms with van der Waals surface area (Å²) in [6.07, 6.45) is -1.80. The quantitative estimate of drug-likeness (QED) is 0.616. The Balaban J connectivity index is 2.04. The molecule has 0 bridgehead atoms. The molecule has 0 spiro atoms. The van der Waals surface area contributed by atoms with Crippen molar-refractivity contribution in [3.8, 4) is 0 Å². The molecule has 0 aromatic heterocycles. The number of nitro benzene ring substituents is 1. The van der Waals surface area contributed by atoms with Gasteiger partial charge in [0, 0.05) is 23.4 Å². The van der Waals surface area contributed by atoms with E-state index in [0.717, 1.165) is 18.2 Å². The third-order valence-electron chi connectivity index (χ3n) is 4.68. The summed E-state index contributed by atoms with van der Waals surface area (Å²) in [6.45, 7) is 0. The van der Waals surface area contributed by atoms with E-state index < -0.39 is 34.3 Å². The maximum Gasteiger partial charge on any atom is 0.439 e. The first-order chi connectivity index (χ1) is 12.2. The van der Waals surface area contributed by atoms with Gasteiger partial charge in [-0.05, 0) is 25.3 Å². The number of rotatable bonds is 2. The van der Waals surface area contributed by atoms with E-state index >= 15 is 0 Å². The van der Waals surface area contributed by atoms with Crippen molar-refractivity contribution in [3.63, 3.8) is 0 Å². The van der Waals surface area contributed by atoms with Crippen LogP contribution < -0.4 is 5.43 Å². The molecule has 10 heteroatoms. The van der Waals surface area contributed by atoms with Crippen molar-refractivity contribution in [1.29, 1.82) is 0 Å². The van der Waals surface area contributed by atoms with E-state index in [-0.39, 0.29) is 22.7 Å². The number of alkyl halides is 3. The molecule has 1 heterocycles. The van der Waals surface area contributed by atoms with E-state index in [9.17, 15) is 33.2 Å². The Labute approximate surface area is 146 Å². The van der Waals surface area contributed by atoms with Crippen molar-refractivity contribution in [1.82, 2.24) is 10.4 Å². The monoisotopic (exact) mass is 371 g/mol. The van der Waals surface area contributed by atoms with Crippen molar-refractivity contribution in [2.75, 3.05) is 0 Å². The standard InChI is InChI=1S/C16H16F3N3O4/c17-16(18,19)15(24)12-7-2-1-3-8-13(12)20-21(15)14(23)10-5-4-6-11(9-10)22(25)26/h4-6,8-9,12,20,24H,1-3,7H2/t12-,15+/m0/s1. The molecule has 2 aliphatic rings. The van der Waals surface area contributed by atoms with Crippen LogP contribution in [0.25, 0.3) is 0 Å². The first kappa shape index (κ1) is 18.2. The fourth-order valence-electron chi connectivity index (χ4n) is 3.37. The summed E-state index contributed by atoms with van der Waals surface area (Å²) in [4.78, 5) is 22.8. The molecule has 1 aliphatic heterocycles. The zero-order chi connectivity index (χ0) is 19.1. The number of benzene rings is 1. The molecule has 1 aromatic carbocycles. The predicted octanol–water partition coefficient (Wildman–Crippen LogP) is 2.88. The van der Waals surface area contributed by atoms with E-state index in [1.165, 1.54) is 6.07 Å². The summed E-state index contributed by atoms with van der Waals surface area (Å²) >= 11 is 0. The maximum absolute atomic E-state index is 13.8. The van der Waals surface area contributed by atoms with E-state index in [4.69, 9.17) is 0 Å². The van der Waals surface area contributed by atoms with Crippen molar-refractivity contribution >= 4 is 11.6 Å². The van der Waals surface area contributed by atoms with Gasteiger partial charge in [0.1, 0.15) is 0 Å². The summed E-state index contributed by atoms with van der Waals surface area (Å²) in [6, 6.07) is 4.36. The minimum atomic E-state index is -5.11. The molecule has 7 nitrogen and oxygen atoms in total. The van der Waals surface area contributed by atoms with Crippen LogP contribution in [0, 0.1) is 16.0 Å². The molecule has 0 unspecified atom stereocenters. The number of hydrogen-bond donors (Lipinski definition) is 2. The van der Waals surface area contributed by atoms with Crippen LogP contribution >= 0.6 is 0 Å². The molecule has 0 radical (unpaired) electrons. The number of nitrogens with one attached hydrogen (secondary N) is 1. The van der Waals surface area contributed by atoms with Crippen molar-refractivity contribution in [3.05, 3.63) is 51.7 Å². The highest BCUT2D eigenvalue weighted by molar-refractivity contribution is 5.95. The third-order valence-corrected chi connectivity index (χ3v) is 4.68. The lowest BCUT2D eigenvalue weighted by atomic mass is 9.89. The molecule has 26 heavy (non-hydrogen) atoms. The first-order valence-corrected chi connectivity index (χ1v) is 8.01.